The fourth-order valence-electron chi connectivity index (χ4n) is 4.25. The predicted octanol–water partition coefficient (Wildman–Crippen LogP) is 1.00. The van der Waals surface area contributed by atoms with Gasteiger partial charge in [0.1, 0.15) is 0 Å². The molecule has 10 heteroatoms. The Hall–Kier alpha value is -4.60. The minimum absolute atomic E-state index is 0.164. The maximum absolute atomic E-state index is 13.2. The molecule has 0 radical (unpaired) electrons. The molecule has 0 saturated carbocycles. The molecule has 170 valence electrons. The number of fused-ring (bicyclic) bond motifs is 2. The van der Waals surface area contributed by atoms with Crippen molar-refractivity contribution in [2.75, 3.05) is 6.54 Å². The number of amides is 2. The van der Waals surface area contributed by atoms with Gasteiger partial charge in [0, 0.05) is 36.4 Å². The summed E-state index contributed by atoms with van der Waals surface area (Å²) in [6.07, 6.45) is 3.80. The van der Waals surface area contributed by atoms with Gasteiger partial charge in [0.25, 0.3) is 17.4 Å². The number of H-pyrrole nitrogens is 2. The number of benzene rings is 2. The third-order valence-corrected chi connectivity index (χ3v) is 5.96. The summed E-state index contributed by atoms with van der Waals surface area (Å²) in [7, 11) is 0. The number of pyridine rings is 1. The number of hydrogen-bond donors (Lipinski definition) is 3. The first kappa shape index (κ1) is 21.3. The van der Waals surface area contributed by atoms with Gasteiger partial charge in [-0.05, 0) is 35.1 Å². The van der Waals surface area contributed by atoms with E-state index < -0.39 is 28.9 Å². The second-order valence-electron chi connectivity index (χ2n) is 8.03. The Morgan fingerprint density at radius 3 is 2.71 bits per heavy atom. The Bertz CT molecular complexity index is 1520. The summed E-state index contributed by atoms with van der Waals surface area (Å²) in [6.45, 7) is 0.408. The summed E-state index contributed by atoms with van der Waals surface area (Å²) < 4.78 is 0. The van der Waals surface area contributed by atoms with Gasteiger partial charge in [0.2, 0.25) is 5.69 Å². The van der Waals surface area contributed by atoms with Crippen LogP contribution in [0.5, 0.6) is 0 Å². The number of aromatic amines is 2. The highest BCUT2D eigenvalue weighted by molar-refractivity contribution is 6.06. The van der Waals surface area contributed by atoms with Gasteiger partial charge in [0.15, 0.2) is 0 Å². The van der Waals surface area contributed by atoms with Gasteiger partial charge in [-0.1, -0.05) is 36.4 Å². The topological polar surface area (TPSA) is 141 Å². The van der Waals surface area contributed by atoms with Crippen molar-refractivity contribution in [3.05, 3.63) is 104 Å². The van der Waals surface area contributed by atoms with E-state index >= 15 is 0 Å². The van der Waals surface area contributed by atoms with Gasteiger partial charge in [-0.2, -0.15) is 5.10 Å². The second kappa shape index (κ2) is 8.74. The summed E-state index contributed by atoms with van der Waals surface area (Å²) in [4.78, 5) is 57.4. The van der Waals surface area contributed by atoms with E-state index in [1.54, 1.807) is 24.5 Å². The number of nitrogens with zero attached hydrogens (tertiary/aromatic N) is 3. The van der Waals surface area contributed by atoms with Gasteiger partial charge < -0.3 is 10.2 Å². The van der Waals surface area contributed by atoms with Crippen LogP contribution in [0, 0.1) is 0 Å². The third-order valence-electron chi connectivity index (χ3n) is 5.96. The van der Waals surface area contributed by atoms with Crippen molar-refractivity contribution < 1.29 is 9.59 Å². The molecule has 4 aromatic rings. The average Bonchev–Trinajstić information content (AvgIpc) is 2.86. The molecular weight excluding hydrogens is 436 g/mol. The first-order valence-corrected chi connectivity index (χ1v) is 10.7. The molecule has 34 heavy (non-hydrogen) atoms. The SMILES string of the molecule is O=C(NCC1Cc2ccccc2CN1C(=O)c1n[nH]c(=O)[nH]c1=O)c1cccc2ccncc12. The molecule has 10 nitrogen and oxygen atoms in total. The quantitative estimate of drug-likeness (QED) is 0.418. The van der Waals surface area contributed by atoms with Gasteiger partial charge in [-0.3, -0.25) is 24.4 Å². The molecule has 2 amide bonds. The molecule has 0 saturated heterocycles. The number of carbonyl (C=O) groups excluding carboxylic acids is 2. The minimum atomic E-state index is -0.862. The second-order valence-corrected chi connectivity index (χ2v) is 8.03. The molecular formula is C24H20N6O4. The van der Waals surface area contributed by atoms with Gasteiger partial charge in [-0.25, -0.2) is 9.89 Å². The van der Waals surface area contributed by atoms with Crippen molar-refractivity contribution in [2.45, 2.75) is 19.0 Å². The molecule has 1 aliphatic rings. The number of aromatic nitrogens is 4. The van der Waals surface area contributed by atoms with E-state index in [0.717, 1.165) is 21.9 Å². The first-order chi connectivity index (χ1) is 16.5. The normalized spacial score (nSPS) is 15.1. The Morgan fingerprint density at radius 2 is 1.88 bits per heavy atom. The van der Waals surface area contributed by atoms with Crippen LogP contribution in [0.25, 0.3) is 10.8 Å². The molecule has 0 fully saturated rings. The average molecular weight is 456 g/mol. The zero-order valence-electron chi connectivity index (χ0n) is 17.9. The molecule has 1 atom stereocenters. The monoisotopic (exact) mass is 456 g/mol. The van der Waals surface area contributed by atoms with E-state index in [2.05, 4.69) is 20.5 Å². The molecule has 2 aromatic heterocycles. The van der Waals surface area contributed by atoms with Crippen LogP contribution in [0.2, 0.25) is 0 Å². The van der Waals surface area contributed by atoms with Crippen molar-refractivity contribution in [3.63, 3.8) is 0 Å². The lowest BCUT2D eigenvalue weighted by Gasteiger charge is -2.36. The van der Waals surface area contributed by atoms with Gasteiger partial charge in [0.05, 0.1) is 6.04 Å². The van der Waals surface area contributed by atoms with Crippen molar-refractivity contribution in [2.24, 2.45) is 0 Å². The summed E-state index contributed by atoms with van der Waals surface area (Å²) in [5, 5.41) is 10.3. The lowest BCUT2D eigenvalue weighted by atomic mass is 9.93. The lowest BCUT2D eigenvalue weighted by molar-refractivity contribution is 0.0619. The highest BCUT2D eigenvalue weighted by atomic mass is 16.2. The van der Waals surface area contributed by atoms with Crippen LogP contribution < -0.4 is 16.6 Å². The van der Waals surface area contributed by atoms with Crippen molar-refractivity contribution in [3.8, 4) is 0 Å². The van der Waals surface area contributed by atoms with Crippen LogP contribution in [0.15, 0.2) is 70.5 Å². The summed E-state index contributed by atoms with van der Waals surface area (Å²) in [5.41, 5.74) is 0.425. The minimum Gasteiger partial charge on any atom is -0.350 e. The van der Waals surface area contributed by atoms with Crippen molar-refractivity contribution in [1.29, 1.82) is 0 Å². The standard InChI is InChI=1S/C24H20N6O4/c31-21(18-7-3-6-14-8-9-25-12-19(14)18)26-11-17-10-15-4-1-2-5-16(15)13-30(17)23(33)20-22(32)27-24(34)29-28-20/h1-9,12,17H,10-11,13H2,(H,26,31)(H2,27,29,32,34). The first-order valence-electron chi connectivity index (χ1n) is 10.7. The summed E-state index contributed by atoms with van der Waals surface area (Å²) in [5.74, 6) is -0.912. The van der Waals surface area contributed by atoms with E-state index in [1.807, 2.05) is 41.4 Å². The fourth-order valence-corrected chi connectivity index (χ4v) is 4.25. The maximum atomic E-state index is 13.2. The number of carbonyl (C=O) groups is 2. The molecule has 5 rings (SSSR count). The zero-order chi connectivity index (χ0) is 23.7. The smallest absolute Gasteiger partial charge is 0.342 e. The third kappa shape index (κ3) is 3.96. The predicted molar refractivity (Wildman–Crippen MR) is 123 cm³/mol. The van der Waals surface area contributed by atoms with Crippen LogP contribution in [0.1, 0.15) is 32.0 Å². The van der Waals surface area contributed by atoms with Crippen LogP contribution in [0.3, 0.4) is 0 Å². The van der Waals surface area contributed by atoms with E-state index in [1.165, 1.54) is 4.90 Å². The van der Waals surface area contributed by atoms with Crippen LogP contribution >= 0.6 is 0 Å². The van der Waals surface area contributed by atoms with Crippen LogP contribution in [-0.4, -0.2) is 49.5 Å². The fraction of sp³-hybridized carbons (Fsp3) is 0.167. The largest absolute Gasteiger partial charge is 0.350 e. The van der Waals surface area contributed by atoms with E-state index in [0.29, 0.717) is 12.0 Å². The van der Waals surface area contributed by atoms with Crippen LogP contribution in [-0.2, 0) is 13.0 Å². The van der Waals surface area contributed by atoms with Crippen LogP contribution in [0.4, 0.5) is 0 Å². The molecule has 0 bridgehead atoms. The Kier molecular flexibility index (Phi) is 5.46. The Morgan fingerprint density at radius 1 is 1.06 bits per heavy atom. The Balaban J connectivity index is 1.43. The van der Waals surface area contributed by atoms with E-state index in [9.17, 15) is 19.2 Å². The molecule has 0 aliphatic carbocycles. The molecule has 1 aliphatic heterocycles. The molecule has 3 heterocycles. The van der Waals surface area contributed by atoms with Gasteiger partial charge in [-0.15, -0.1) is 0 Å². The zero-order valence-corrected chi connectivity index (χ0v) is 17.9. The number of nitrogens with one attached hydrogen (secondary N) is 3. The number of rotatable bonds is 4. The maximum Gasteiger partial charge on any atom is 0.342 e. The molecule has 3 N–H and O–H groups in total. The van der Waals surface area contributed by atoms with Gasteiger partial charge >= 0.3 is 5.69 Å². The van der Waals surface area contributed by atoms with E-state index in [-0.39, 0.29) is 19.0 Å². The molecule has 0 spiro atoms. The number of hydrogen-bond acceptors (Lipinski definition) is 6. The summed E-state index contributed by atoms with van der Waals surface area (Å²) in [6, 6.07) is 14.5. The molecule has 1 unspecified atom stereocenters. The van der Waals surface area contributed by atoms with Crippen molar-refractivity contribution >= 4 is 22.6 Å². The summed E-state index contributed by atoms with van der Waals surface area (Å²) >= 11 is 0. The lowest BCUT2D eigenvalue weighted by Crippen LogP contribution is -2.51. The molecule has 2 aromatic carbocycles. The highest BCUT2D eigenvalue weighted by Crippen LogP contribution is 2.24. The van der Waals surface area contributed by atoms with E-state index in [4.69, 9.17) is 0 Å². The van der Waals surface area contributed by atoms with Crippen molar-refractivity contribution in [1.82, 2.24) is 30.4 Å². The Labute approximate surface area is 192 Å². The highest BCUT2D eigenvalue weighted by Gasteiger charge is 2.32.